The molecule has 0 aliphatic carbocycles. The van der Waals surface area contributed by atoms with Crippen LogP contribution in [0.1, 0.15) is 5.56 Å². The first-order valence-corrected chi connectivity index (χ1v) is 7.05. The van der Waals surface area contributed by atoms with E-state index in [1.807, 2.05) is 4.90 Å². The van der Waals surface area contributed by atoms with Crippen molar-refractivity contribution in [2.45, 2.75) is 6.18 Å². The van der Waals surface area contributed by atoms with Crippen molar-refractivity contribution < 1.29 is 23.1 Å². The molecule has 1 saturated heterocycles. The van der Waals surface area contributed by atoms with E-state index in [-0.39, 0.29) is 10.9 Å². The first kappa shape index (κ1) is 15.4. The van der Waals surface area contributed by atoms with Gasteiger partial charge in [-0.05, 0) is 18.2 Å². The zero-order valence-electron chi connectivity index (χ0n) is 12.0. The maximum absolute atomic E-state index is 13.1. The molecule has 122 valence electrons. The lowest BCUT2D eigenvalue weighted by molar-refractivity contribution is -0.136. The van der Waals surface area contributed by atoms with Gasteiger partial charge in [0.25, 0.3) is 0 Å². The number of alkyl halides is 3. The highest BCUT2D eigenvalue weighted by Gasteiger charge is 2.33. The van der Waals surface area contributed by atoms with Crippen molar-refractivity contribution in [1.29, 1.82) is 0 Å². The van der Waals surface area contributed by atoms with Crippen molar-refractivity contribution in [3.05, 3.63) is 36.0 Å². The molecule has 2 aromatic rings. The quantitative estimate of drug-likeness (QED) is 0.875. The van der Waals surface area contributed by atoms with Crippen molar-refractivity contribution in [3.63, 3.8) is 0 Å². The van der Waals surface area contributed by atoms with E-state index in [2.05, 4.69) is 4.98 Å². The Morgan fingerprint density at radius 2 is 1.83 bits per heavy atom. The van der Waals surface area contributed by atoms with Gasteiger partial charge in [-0.2, -0.15) is 13.2 Å². The summed E-state index contributed by atoms with van der Waals surface area (Å²) in [4.78, 5) is 18.2. The predicted octanol–water partition coefficient (Wildman–Crippen LogP) is 3.05. The zero-order chi connectivity index (χ0) is 16.6. The minimum absolute atomic E-state index is 0.0539. The van der Waals surface area contributed by atoms with Gasteiger partial charge in [-0.1, -0.05) is 6.07 Å². The highest BCUT2D eigenvalue weighted by atomic mass is 19.4. The molecule has 1 fully saturated rings. The first-order chi connectivity index (χ1) is 10.9. The lowest BCUT2D eigenvalue weighted by Gasteiger charge is -2.35. The van der Waals surface area contributed by atoms with Crippen LogP contribution in [0.3, 0.4) is 0 Å². The summed E-state index contributed by atoms with van der Waals surface area (Å²) in [5.41, 5.74) is 0.165. The number of piperazine rings is 1. The number of carbonyl (C=O) groups is 1. The molecule has 0 unspecified atom stereocenters. The molecule has 1 aliphatic heterocycles. The maximum atomic E-state index is 13.1. The summed E-state index contributed by atoms with van der Waals surface area (Å²) in [5, 5.41) is 9.02. The number of aromatic nitrogens is 1. The molecular formula is C15H14F3N3O2. The Balaban J connectivity index is 1.99. The second-order valence-corrected chi connectivity index (χ2v) is 5.29. The van der Waals surface area contributed by atoms with Gasteiger partial charge >= 0.3 is 12.3 Å². The van der Waals surface area contributed by atoms with Crippen LogP contribution >= 0.6 is 0 Å². The molecule has 0 spiro atoms. The molecule has 23 heavy (non-hydrogen) atoms. The van der Waals surface area contributed by atoms with E-state index in [1.165, 1.54) is 29.3 Å². The van der Waals surface area contributed by atoms with Gasteiger partial charge in [-0.25, -0.2) is 4.79 Å². The average molecular weight is 325 g/mol. The van der Waals surface area contributed by atoms with Crippen LogP contribution in [0.4, 0.5) is 23.7 Å². The van der Waals surface area contributed by atoms with E-state index >= 15 is 0 Å². The van der Waals surface area contributed by atoms with Gasteiger partial charge in [0.2, 0.25) is 0 Å². The Labute approximate surface area is 129 Å². The van der Waals surface area contributed by atoms with Crippen molar-refractivity contribution in [2.75, 3.05) is 31.1 Å². The van der Waals surface area contributed by atoms with Gasteiger partial charge in [-0.15, -0.1) is 0 Å². The lowest BCUT2D eigenvalue weighted by Crippen LogP contribution is -2.48. The molecule has 0 bridgehead atoms. The maximum Gasteiger partial charge on any atom is 0.417 e. The second kappa shape index (κ2) is 5.60. The molecule has 0 atom stereocenters. The summed E-state index contributed by atoms with van der Waals surface area (Å²) in [7, 11) is 0. The highest BCUT2D eigenvalue weighted by Crippen LogP contribution is 2.37. The Kier molecular flexibility index (Phi) is 3.75. The third-order valence-corrected chi connectivity index (χ3v) is 3.94. The van der Waals surface area contributed by atoms with Crippen LogP contribution in [-0.2, 0) is 6.18 Å². The Morgan fingerprint density at radius 3 is 2.43 bits per heavy atom. The molecule has 1 amide bonds. The molecule has 3 rings (SSSR count). The van der Waals surface area contributed by atoms with E-state index in [9.17, 15) is 18.0 Å². The Hall–Kier alpha value is -2.51. The van der Waals surface area contributed by atoms with Crippen molar-refractivity contribution in [2.24, 2.45) is 0 Å². The van der Waals surface area contributed by atoms with Gasteiger partial charge < -0.3 is 14.9 Å². The largest absolute Gasteiger partial charge is 0.465 e. The van der Waals surface area contributed by atoms with Crippen molar-refractivity contribution in [1.82, 2.24) is 9.88 Å². The monoisotopic (exact) mass is 325 g/mol. The molecule has 1 aromatic heterocycles. The van der Waals surface area contributed by atoms with E-state index in [0.717, 1.165) is 6.07 Å². The SMILES string of the molecule is O=C(O)N1CCN(c2ccc(C(F)(F)F)c3cccnc23)CC1. The Morgan fingerprint density at radius 1 is 1.13 bits per heavy atom. The van der Waals surface area contributed by atoms with Crippen LogP contribution in [-0.4, -0.2) is 47.3 Å². The molecule has 0 saturated carbocycles. The van der Waals surface area contributed by atoms with Gasteiger partial charge in [0.15, 0.2) is 0 Å². The number of rotatable bonds is 1. The minimum atomic E-state index is -4.44. The standard InChI is InChI=1S/C15H14F3N3O2/c16-15(17,18)11-3-4-12(13-10(11)2-1-5-19-13)20-6-8-21(9-7-20)14(22)23/h1-5H,6-9H2,(H,22,23). The fourth-order valence-electron chi connectivity index (χ4n) is 2.80. The van der Waals surface area contributed by atoms with Crippen LogP contribution in [0.15, 0.2) is 30.5 Å². The average Bonchev–Trinajstić information content (AvgIpc) is 2.53. The summed E-state index contributed by atoms with van der Waals surface area (Å²) in [5.74, 6) is 0. The number of nitrogens with zero attached hydrogens (tertiary/aromatic N) is 3. The molecule has 2 heterocycles. The van der Waals surface area contributed by atoms with E-state index in [1.54, 1.807) is 0 Å². The van der Waals surface area contributed by atoms with Crippen molar-refractivity contribution >= 4 is 22.7 Å². The van der Waals surface area contributed by atoms with Crippen LogP contribution in [0.25, 0.3) is 10.9 Å². The third kappa shape index (κ3) is 2.88. The summed E-state index contributed by atoms with van der Waals surface area (Å²) < 4.78 is 39.4. The Bertz CT molecular complexity index is 740. The molecular weight excluding hydrogens is 311 g/mol. The number of hydrogen-bond acceptors (Lipinski definition) is 3. The summed E-state index contributed by atoms with van der Waals surface area (Å²) in [6.07, 6.45) is -3.97. The number of anilines is 1. The van der Waals surface area contributed by atoms with E-state index in [0.29, 0.717) is 31.9 Å². The van der Waals surface area contributed by atoms with E-state index in [4.69, 9.17) is 5.11 Å². The van der Waals surface area contributed by atoms with Crippen LogP contribution in [0.5, 0.6) is 0 Å². The number of benzene rings is 1. The number of fused-ring (bicyclic) bond motifs is 1. The number of hydrogen-bond donors (Lipinski definition) is 1. The molecule has 8 heteroatoms. The molecule has 1 N–H and O–H groups in total. The molecule has 1 aromatic carbocycles. The van der Waals surface area contributed by atoms with Gasteiger partial charge in [0, 0.05) is 37.8 Å². The fraction of sp³-hybridized carbons (Fsp3) is 0.333. The number of carboxylic acid groups (broad SMARTS) is 1. The molecule has 5 nitrogen and oxygen atoms in total. The van der Waals surface area contributed by atoms with Gasteiger partial charge in [0.05, 0.1) is 16.8 Å². The topological polar surface area (TPSA) is 56.7 Å². The normalized spacial score (nSPS) is 16.0. The van der Waals surface area contributed by atoms with Crippen LogP contribution < -0.4 is 4.90 Å². The number of halogens is 3. The number of amides is 1. The predicted molar refractivity (Wildman–Crippen MR) is 78.6 cm³/mol. The lowest BCUT2D eigenvalue weighted by atomic mass is 10.1. The van der Waals surface area contributed by atoms with E-state index < -0.39 is 17.8 Å². The summed E-state index contributed by atoms with van der Waals surface area (Å²) in [6.45, 7) is 1.46. The molecule has 0 radical (unpaired) electrons. The minimum Gasteiger partial charge on any atom is -0.465 e. The first-order valence-electron chi connectivity index (χ1n) is 7.05. The van der Waals surface area contributed by atoms with Crippen LogP contribution in [0, 0.1) is 0 Å². The van der Waals surface area contributed by atoms with Gasteiger partial charge in [0.1, 0.15) is 0 Å². The smallest absolute Gasteiger partial charge is 0.417 e. The van der Waals surface area contributed by atoms with Crippen molar-refractivity contribution in [3.8, 4) is 0 Å². The number of pyridine rings is 1. The fourth-order valence-corrected chi connectivity index (χ4v) is 2.80. The molecule has 1 aliphatic rings. The summed E-state index contributed by atoms with van der Waals surface area (Å²) >= 11 is 0. The second-order valence-electron chi connectivity index (χ2n) is 5.29. The highest BCUT2D eigenvalue weighted by molar-refractivity contribution is 5.93. The summed E-state index contributed by atoms with van der Waals surface area (Å²) in [6, 6.07) is 5.35. The zero-order valence-corrected chi connectivity index (χ0v) is 12.0. The third-order valence-electron chi connectivity index (χ3n) is 3.94. The van der Waals surface area contributed by atoms with Crippen LogP contribution in [0.2, 0.25) is 0 Å². The van der Waals surface area contributed by atoms with Gasteiger partial charge in [-0.3, -0.25) is 4.98 Å².